The third-order valence-electron chi connectivity index (χ3n) is 3.89. The Morgan fingerprint density at radius 3 is 2.80 bits per heavy atom. The zero-order valence-electron chi connectivity index (χ0n) is 12.1. The lowest BCUT2D eigenvalue weighted by Gasteiger charge is -2.32. The normalized spacial score (nSPS) is 19.1. The van der Waals surface area contributed by atoms with Crippen molar-refractivity contribution < 1.29 is 14.2 Å². The summed E-state index contributed by atoms with van der Waals surface area (Å²) in [7, 11) is 0. The van der Waals surface area contributed by atoms with Gasteiger partial charge in [0.05, 0.1) is 12.2 Å². The van der Waals surface area contributed by atoms with Crippen molar-refractivity contribution >= 4 is 0 Å². The number of halogens is 1. The van der Waals surface area contributed by atoms with Gasteiger partial charge < -0.3 is 14.7 Å². The predicted molar refractivity (Wildman–Crippen MR) is 77.1 cm³/mol. The fourth-order valence-electron chi connectivity index (χ4n) is 2.72. The molecule has 0 amide bonds. The largest absolute Gasteiger partial charge is 0.388 e. The van der Waals surface area contributed by atoms with Crippen LogP contribution in [0.3, 0.4) is 0 Å². The number of aliphatic hydroxyl groups is 1. The predicted octanol–water partition coefficient (Wildman–Crippen LogP) is 2.75. The number of rotatable bonds is 6. The fourth-order valence-corrected chi connectivity index (χ4v) is 2.72. The quantitative estimate of drug-likeness (QED) is 0.870. The number of aliphatic hydroxyl groups excluding tert-OH is 1. The summed E-state index contributed by atoms with van der Waals surface area (Å²) in [5.74, 6) is -0.293. The second-order valence-electron chi connectivity index (χ2n) is 5.36. The van der Waals surface area contributed by atoms with Crippen LogP contribution < -0.4 is 0 Å². The molecule has 20 heavy (non-hydrogen) atoms. The molecule has 1 aliphatic rings. The number of ether oxygens (including phenoxy) is 1. The summed E-state index contributed by atoms with van der Waals surface area (Å²) < 4.78 is 18.7. The monoisotopic (exact) mass is 281 g/mol. The Balaban J connectivity index is 1.73. The van der Waals surface area contributed by atoms with E-state index in [1.54, 1.807) is 12.1 Å². The highest BCUT2D eigenvalue weighted by Gasteiger charge is 2.20. The Hall–Kier alpha value is -0.970. The molecule has 1 N–H and O–H groups in total. The van der Waals surface area contributed by atoms with Crippen molar-refractivity contribution in [3.8, 4) is 0 Å². The fraction of sp³-hybridized carbons (Fsp3) is 0.625. The van der Waals surface area contributed by atoms with Crippen molar-refractivity contribution in [1.82, 2.24) is 4.90 Å². The first kappa shape index (κ1) is 15.4. The van der Waals surface area contributed by atoms with Gasteiger partial charge in [-0.25, -0.2) is 4.39 Å². The molecule has 1 fully saturated rings. The van der Waals surface area contributed by atoms with Crippen LogP contribution in [-0.2, 0) is 4.74 Å². The highest BCUT2D eigenvalue weighted by atomic mass is 19.1. The molecule has 0 aromatic heterocycles. The van der Waals surface area contributed by atoms with Gasteiger partial charge >= 0.3 is 0 Å². The van der Waals surface area contributed by atoms with Crippen LogP contribution in [-0.4, -0.2) is 42.4 Å². The van der Waals surface area contributed by atoms with Crippen molar-refractivity contribution in [2.45, 2.75) is 38.4 Å². The summed E-state index contributed by atoms with van der Waals surface area (Å²) in [5, 5.41) is 10.1. The third-order valence-corrected chi connectivity index (χ3v) is 3.89. The molecule has 1 aromatic carbocycles. The van der Waals surface area contributed by atoms with Gasteiger partial charge in [0.2, 0.25) is 0 Å². The standard InChI is InChI=1S/C16H24FNO2/c1-2-20-15-6-9-18(10-7-15)11-8-16(19)13-4-3-5-14(17)12-13/h3-5,12,15-16,19H,2,6-11H2,1H3. The average molecular weight is 281 g/mol. The van der Waals surface area contributed by atoms with Gasteiger partial charge in [0.25, 0.3) is 0 Å². The van der Waals surface area contributed by atoms with Crippen LogP contribution in [0.4, 0.5) is 4.39 Å². The SMILES string of the molecule is CCOC1CCN(CCC(O)c2cccc(F)c2)CC1. The van der Waals surface area contributed by atoms with E-state index in [2.05, 4.69) is 4.90 Å². The summed E-state index contributed by atoms with van der Waals surface area (Å²) in [6.07, 6.45) is 2.57. The molecule has 0 saturated carbocycles. The lowest BCUT2D eigenvalue weighted by Crippen LogP contribution is -2.37. The van der Waals surface area contributed by atoms with Crippen LogP contribution in [0.2, 0.25) is 0 Å². The second kappa shape index (κ2) is 7.72. The van der Waals surface area contributed by atoms with Crippen molar-refractivity contribution in [3.63, 3.8) is 0 Å². The van der Waals surface area contributed by atoms with E-state index in [1.807, 2.05) is 6.92 Å². The maximum atomic E-state index is 13.1. The van der Waals surface area contributed by atoms with E-state index in [0.717, 1.165) is 39.1 Å². The minimum Gasteiger partial charge on any atom is -0.388 e. The molecule has 3 nitrogen and oxygen atoms in total. The molecule has 0 spiro atoms. The van der Waals surface area contributed by atoms with Crippen LogP contribution in [0.1, 0.15) is 37.9 Å². The van der Waals surface area contributed by atoms with E-state index in [0.29, 0.717) is 18.1 Å². The lowest BCUT2D eigenvalue weighted by molar-refractivity contribution is 0.0112. The maximum absolute atomic E-state index is 13.1. The molecule has 112 valence electrons. The lowest BCUT2D eigenvalue weighted by atomic mass is 10.0. The third kappa shape index (κ3) is 4.54. The minimum absolute atomic E-state index is 0.293. The van der Waals surface area contributed by atoms with Crippen LogP contribution in [0.15, 0.2) is 24.3 Å². The molecule has 1 aromatic rings. The second-order valence-corrected chi connectivity index (χ2v) is 5.36. The van der Waals surface area contributed by atoms with Gasteiger partial charge in [0.15, 0.2) is 0 Å². The van der Waals surface area contributed by atoms with Crippen LogP contribution >= 0.6 is 0 Å². The Kier molecular flexibility index (Phi) is 5.95. The maximum Gasteiger partial charge on any atom is 0.123 e. The molecule has 0 radical (unpaired) electrons. The number of piperidine rings is 1. The van der Waals surface area contributed by atoms with E-state index in [4.69, 9.17) is 4.74 Å². The number of nitrogens with zero attached hydrogens (tertiary/aromatic N) is 1. The van der Waals surface area contributed by atoms with Gasteiger partial charge in [-0.15, -0.1) is 0 Å². The number of likely N-dealkylation sites (tertiary alicyclic amines) is 1. The molecule has 4 heteroatoms. The van der Waals surface area contributed by atoms with E-state index in [-0.39, 0.29) is 5.82 Å². The van der Waals surface area contributed by atoms with E-state index in [1.165, 1.54) is 12.1 Å². The molecule has 0 bridgehead atoms. The Morgan fingerprint density at radius 2 is 2.15 bits per heavy atom. The molecular formula is C16H24FNO2. The van der Waals surface area contributed by atoms with Gasteiger partial charge in [-0.05, 0) is 43.9 Å². The average Bonchev–Trinajstić information content (AvgIpc) is 2.46. The van der Waals surface area contributed by atoms with Gasteiger partial charge in [-0.1, -0.05) is 12.1 Å². The van der Waals surface area contributed by atoms with Crippen molar-refractivity contribution in [2.75, 3.05) is 26.2 Å². The number of hydrogen-bond donors (Lipinski definition) is 1. The zero-order valence-corrected chi connectivity index (χ0v) is 12.1. The van der Waals surface area contributed by atoms with Gasteiger partial charge in [0, 0.05) is 26.2 Å². The smallest absolute Gasteiger partial charge is 0.123 e. The van der Waals surface area contributed by atoms with E-state index < -0.39 is 6.10 Å². The molecular weight excluding hydrogens is 257 g/mol. The molecule has 2 rings (SSSR count). The Bertz CT molecular complexity index is 405. The number of benzene rings is 1. The zero-order chi connectivity index (χ0) is 14.4. The Labute approximate surface area is 120 Å². The molecule has 1 heterocycles. The summed E-state index contributed by atoms with van der Waals surface area (Å²) in [5.41, 5.74) is 0.661. The van der Waals surface area contributed by atoms with Crippen LogP contribution in [0.25, 0.3) is 0 Å². The molecule has 0 aliphatic carbocycles. The van der Waals surface area contributed by atoms with Crippen molar-refractivity contribution in [3.05, 3.63) is 35.6 Å². The highest BCUT2D eigenvalue weighted by Crippen LogP contribution is 2.20. The minimum atomic E-state index is -0.588. The van der Waals surface area contributed by atoms with Crippen LogP contribution in [0, 0.1) is 5.82 Å². The molecule has 1 atom stereocenters. The van der Waals surface area contributed by atoms with E-state index >= 15 is 0 Å². The van der Waals surface area contributed by atoms with Gasteiger partial charge in [0.1, 0.15) is 5.82 Å². The van der Waals surface area contributed by atoms with Crippen molar-refractivity contribution in [1.29, 1.82) is 0 Å². The Morgan fingerprint density at radius 1 is 1.40 bits per heavy atom. The first-order valence-corrected chi connectivity index (χ1v) is 7.46. The van der Waals surface area contributed by atoms with Crippen molar-refractivity contribution in [2.24, 2.45) is 0 Å². The molecule has 1 saturated heterocycles. The van der Waals surface area contributed by atoms with Gasteiger partial charge in [-0.2, -0.15) is 0 Å². The van der Waals surface area contributed by atoms with Crippen LogP contribution in [0.5, 0.6) is 0 Å². The summed E-state index contributed by atoms with van der Waals surface area (Å²) >= 11 is 0. The first-order chi connectivity index (χ1) is 9.69. The molecule has 1 aliphatic heterocycles. The number of hydrogen-bond acceptors (Lipinski definition) is 3. The summed E-state index contributed by atoms with van der Waals surface area (Å²) in [4.78, 5) is 2.35. The highest BCUT2D eigenvalue weighted by molar-refractivity contribution is 5.18. The molecule has 1 unspecified atom stereocenters. The summed E-state index contributed by atoms with van der Waals surface area (Å²) in [6, 6.07) is 6.22. The summed E-state index contributed by atoms with van der Waals surface area (Å²) in [6.45, 7) is 5.68. The van der Waals surface area contributed by atoms with Gasteiger partial charge in [-0.3, -0.25) is 0 Å². The first-order valence-electron chi connectivity index (χ1n) is 7.46. The topological polar surface area (TPSA) is 32.7 Å². The van der Waals surface area contributed by atoms with E-state index in [9.17, 15) is 9.50 Å².